The predicted octanol–water partition coefficient (Wildman–Crippen LogP) is 25.7. The number of anilines is 12. The maximum Gasteiger partial charge on any atom is 0.241 e. The van der Waals surface area contributed by atoms with Crippen molar-refractivity contribution in [2.45, 2.75) is 13.8 Å². The van der Waals surface area contributed by atoms with Crippen molar-refractivity contribution in [2.75, 3.05) is 19.6 Å². The van der Waals surface area contributed by atoms with Crippen molar-refractivity contribution in [3.8, 4) is 22.3 Å². The van der Waals surface area contributed by atoms with Gasteiger partial charge in [-0.15, -0.1) is 0 Å². The van der Waals surface area contributed by atoms with Crippen LogP contribution in [0.25, 0.3) is 43.8 Å². The van der Waals surface area contributed by atoms with Crippen LogP contribution in [0.3, 0.4) is 0 Å². The van der Waals surface area contributed by atoms with Gasteiger partial charge in [0.1, 0.15) is 0 Å². The van der Waals surface area contributed by atoms with Gasteiger partial charge in [-0.25, -0.2) is 0 Å². The minimum Gasteiger partial charge on any atom is -0.310 e. The van der Waals surface area contributed by atoms with Crippen LogP contribution < -0.4 is 36.0 Å². The van der Waals surface area contributed by atoms with Crippen molar-refractivity contribution in [3.05, 3.63) is 454 Å². The standard InChI is InChI=1S/C44H32N2.C38H32N2.C18H15B/c1-3-17-37(18-4-1)45(43-23-11-15-35-13-7-9-21-41(35)43)39-29-25-33(26-30-39)34-27-31-40(32-28-34)46(38-19-5-2-6-20-38)44-24-12-16-36-14-8-10-22-42(36)44;1-29-12-11-18-37(28-29)39(33-14-5-3-6-15-33)35-24-20-31(21-25-35)32-22-26-36(27-23-32)40(34-16-7-4-8-17-34)38-19-10-9-13-30(38)2;1-4-10-16(11-5-1)19(17-12-6-2-7-13-17)18-14-8-3-9-15-18/h1-32H;3-28H,1-2H3;1-15H. The monoisotopic (exact) mass is 1350 g/mol. The Labute approximate surface area is 618 Å². The van der Waals surface area contributed by atoms with Gasteiger partial charge < -0.3 is 19.6 Å². The molecule has 17 aromatic rings. The van der Waals surface area contributed by atoms with E-state index in [1.165, 1.54) is 77.0 Å². The van der Waals surface area contributed by atoms with E-state index in [4.69, 9.17) is 0 Å². The molecule has 0 saturated heterocycles. The van der Waals surface area contributed by atoms with Crippen LogP contribution in [0.4, 0.5) is 68.2 Å². The molecule has 0 aromatic heterocycles. The molecule has 0 aliphatic rings. The van der Waals surface area contributed by atoms with Gasteiger partial charge in [0, 0.05) is 67.6 Å². The molecule has 105 heavy (non-hydrogen) atoms. The minimum atomic E-state index is 0.309. The summed E-state index contributed by atoms with van der Waals surface area (Å²) in [6.07, 6.45) is 0. The van der Waals surface area contributed by atoms with Gasteiger partial charge in [-0.3, -0.25) is 0 Å². The van der Waals surface area contributed by atoms with Crippen molar-refractivity contribution >= 4 is 113 Å². The molecule has 0 amide bonds. The lowest BCUT2D eigenvalue weighted by Crippen LogP contribution is -2.51. The average Bonchev–Trinajstić information content (AvgIpc) is 0.787. The van der Waals surface area contributed by atoms with E-state index in [2.05, 4.69) is 476 Å². The van der Waals surface area contributed by atoms with E-state index in [0.717, 1.165) is 62.6 Å². The molecule has 17 rings (SSSR count). The third-order valence-corrected chi connectivity index (χ3v) is 19.3. The molecule has 0 N–H and O–H groups in total. The first-order valence-electron chi connectivity index (χ1n) is 36.0. The van der Waals surface area contributed by atoms with Gasteiger partial charge in [-0.05, 0) is 185 Å². The molecule has 17 aromatic carbocycles. The van der Waals surface area contributed by atoms with Crippen LogP contribution in [-0.4, -0.2) is 6.71 Å². The minimum absolute atomic E-state index is 0.309. The van der Waals surface area contributed by atoms with Crippen LogP contribution in [0.2, 0.25) is 0 Å². The van der Waals surface area contributed by atoms with Crippen molar-refractivity contribution in [2.24, 2.45) is 0 Å². The summed E-state index contributed by atoms with van der Waals surface area (Å²) in [5, 5.41) is 4.90. The van der Waals surface area contributed by atoms with Gasteiger partial charge in [0.15, 0.2) is 0 Å². The van der Waals surface area contributed by atoms with E-state index in [9.17, 15) is 0 Å². The summed E-state index contributed by atoms with van der Waals surface area (Å²) in [7, 11) is 0. The zero-order chi connectivity index (χ0) is 70.9. The van der Waals surface area contributed by atoms with Crippen LogP contribution in [0.15, 0.2) is 443 Å². The quantitative estimate of drug-likeness (QED) is 0.0843. The molecule has 0 aliphatic carbocycles. The van der Waals surface area contributed by atoms with Gasteiger partial charge in [0.25, 0.3) is 0 Å². The van der Waals surface area contributed by atoms with Crippen molar-refractivity contribution in [3.63, 3.8) is 0 Å². The summed E-state index contributed by atoms with van der Waals surface area (Å²) in [4.78, 5) is 9.32. The first-order valence-corrected chi connectivity index (χ1v) is 36.0. The molecule has 0 fully saturated rings. The number of aryl methyl sites for hydroxylation is 2. The summed E-state index contributed by atoms with van der Waals surface area (Å²) in [5.74, 6) is 0. The molecule has 0 bridgehead atoms. The number of rotatable bonds is 17. The van der Waals surface area contributed by atoms with E-state index >= 15 is 0 Å². The number of nitrogens with zero attached hydrogens (tertiary/aromatic N) is 4. The highest BCUT2D eigenvalue weighted by Crippen LogP contribution is 2.44. The second-order valence-electron chi connectivity index (χ2n) is 26.2. The van der Waals surface area contributed by atoms with Crippen molar-refractivity contribution in [1.82, 2.24) is 0 Å². The molecule has 5 heteroatoms. The first-order chi connectivity index (χ1) is 52.0. The lowest BCUT2D eigenvalue weighted by molar-refractivity contribution is 1.25. The second kappa shape index (κ2) is 32.5. The summed E-state index contributed by atoms with van der Waals surface area (Å²) in [6.45, 7) is 4.61. The second-order valence-corrected chi connectivity index (χ2v) is 26.2. The Morgan fingerprint density at radius 2 is 0.429 bits per heavy atom. The molecular weight excluding hydrogens is 1270 g/mol. The molecule has 0 unspecified atom stereocenters. The van der Waals surface area contributed by atoms with Crippen LogP contribution in [0.1, 0.15) is 11.1 Å². The highest BCUT2D eigenvalue weighted by atomic mass is 15.2. The van der Waals surface area contributed by atoms with Crippen LogP contribution >= 0.6 is 0 Å². The number of hydrogen-bond donors (Lipinski definition) is 0. The van der Waals surface area contributed by atoms with Gasteiger partial charge in [0.2, 0.25) is 6.71 Å². The number of hydrogen-bond acceptors (Lipinski definition) is 4. The van der Waals surface area contributed by atoms with Crippen molar-refractivity contribution < 1.29 is 0 Å². The predicted molar refractivity (Wildman–Crippen MR) is 451 cm³/mol. The Morgan fingerprint density at radius 1 is 0.181 bits per heavy atom. The van der Waals surface area contributed by atoms with E-state index in [0.29, 0.717) is 6.71 Å². The lowest BCUT2D eigenvalue weighted by atomic mass is 9.37. The van der Waals surface area contributed by atoms with Gasteiger partial charge in [0.05, 0.1) is 11.4 Å². The Morgan fingerprint density at radius 3 is 0.781 bits per heavy atom. The topological polar surface area (TPSA) is 13.0 Å². The third kappa shape index (κ3) is 15.6. The average molecular weight is 1350 g/mol. The van der Waals surface area contributed by atoms with Crippen LogP contribution in [0, 0.1) is 13.8 Å². The molecule has 502 valence electrons. The largest absolute Gasteiger partial charge is 0.310 e. The zero-order valence-electron chi connectivity index (χ0n) is 59.0. The highest BCUT2D eigenvalue weighted by molar-refractivity contribution is 6.95. The van der Waals surface area contributed by atoms with Gasteiger partial charge >= 0.3 is 0 Å². The smallest absolute Gasteiger partial charge is 0.241 e. The fourth-order valence-electron chi connectivity index (χ4n) is 14.2. The number of fused-ring (bicyclic) bond motifs is 2. The van der Waals surface area contributed by atoms with Crippen LogP contribution in [-0.2, 0) is 0 Å². The van der Waals surface area contributed by atoms with E-state index in [1.807, 2.05) is 0 Å². The van der Waals surface area contributed by atoms with Crippen molar-refractivity contribution in [1.29, 1.82) is 0 Å². The number of benzene rings is 17. The van der Waals surface area contributed by atoms with E-state index < -0.39 is 0 Å². The molecular formula is C100H79BN4. The highest BCUT2D eigenvalue weighted by Gasteiger charge is 2.22. The number of para-hydroxylation sites is 5. The Balaban J connectivity index is 0.000000136. The SMILES string of the molecule is Cc1cccc(N(c2ccccc2)c2ccc(-c3ccc(N(c4ccccc4)c4ccccc4C)cc3)cc2)c1.c1ccc(B(c2ccccc2)c2ccccc2)cc1.c1ccc(N(c2ccc(-c3ccc(N(c4ccccc4)c4cccc5ccccc45)cc3)cc2)c2cccc3ccccc23)cc1. The fourth-order valence-corrected chi connectivity index (χ4v) is 14.2. The molecule has 0 atom stereocenters. The zero-order valence-corrected chi connectivity index (χ0v) is 59.0. The molecule has 0 saturated carbocycles. The summed E-state index contributed by atoms with van der Waals surface area (Å²) in [5.41, 5.74) is 24.9. The fraction of sp³-hybridized carbons (Fsp3) is 0.0200. The molecule has 0 aliphatic heterocycles. The molecule has 4 nitrogen and oxygen atoms in total. The summed E-state index contributed by atoms with van der Waals surface area (Å²) in [6, 6.07) is 157. The summed E-state index contributed by atoms with van der Waals surface area (Å²) >= 11 is 0. The Kier molecular flexibility index (Phi) is 20.8. The third-order valence-electron chi connectivity index (χ3n) is 19.3. The van der Waals surface area contributed by atoms with E-state index in [1.54, 1.807) is 0 Å². The molecule has 0 heterocycles. The van der Waals surface area contributed by atoms with Gasteiger partial charge in [-0.1, -0.05) is 332 Å². The lowest BCUT2D eigenvalue weighted by Gasteiger charge is -2.27. The van der Waals surface area contributed by atoms with Gasteiger partial charge in [-0.2, -0.15) is 0 Å². The van der Waals surface area contributed by atoms with Crippen LogP contribution in [0.5, 0.6) is 0 Å². The Hall–Kier alpha value is -13.5. The Bertz CT molecular complexity index is 5330. The first kappa shape index (κ1) is 67.4. The molecule has 0 radical (unpaired) electrons. The normalized spacial score (nSPS) is 10.8. The van der Waals surface area contributed by atoms with E-state index in [-0.39, 0.29) is 0 Å². The molecule has 0 spiro atoms. The summed E-state index contributed by atoms with van der Waals surface area (Å²) < 4.78 is 0. The maximum atomic E-state index is 2.34. The maximum absolute atomic E-state index is 2.34.